The van der Waals surface area contributed by atoms with Crippen LogP contribution in [0.3, 0.4) is 0 Å². The van der Waals surface area contributed by atoms with Crippen LogP contribution in [0, 0.1) is 12.8 Å². The minimum absolute atomic E-state index is 0.0614. The van der Waals surface area contributed by atoms with E-state index in [1.165, 1.54) is 6.26 Å². The van der Waals surface area contributed by atoms with Crippen LogP contribution >= 0.6 is 15.9 Å². The monoisotopic (exact) mass is 404 g/mol. The molecule has 0 N–H and O–H groups in total. The molecule has 2 amide bonds. The van der Waals surface area contributed by atoms with Gasteiger partial charge in [-0.2, -0.15) is 0 Å². The zero-order valence-corrected chi connectivity index (χ0v) is 16.0. The molecule has 25 heavy (non-hydrogen) atoms. The highest BCUT2D eigenvalue weighted by Crippen LogP contribution is 2.27. The maximum Gasteiger partial charge on any atom is 0.289 e. The number of rotatable bonds is 3. The van der Waals surface area contributed by atoms with Crippen LogP contribution in [-0.2, 0) is 4.79 Å². The molecule has 1 fully saturated rings. The molecule has 2 heterocycles. The molecule has 1 aliphatic heterocycles. The van der Waals surface area contributed by atoms with Gasteiger partial charge in [-0.3, -0.25) is 9.59 Å². The molecule has 0 radical (unpaired) electrons. The second-order valence-corrected chi connectivity index (χ2v) is 7.29. The number of aryl methyl sites for hydroxylation is 1. The van der Waals surface area contributed by atoms with Gasteiger partial charge >= 0.3 is 0 Å². The fraction of sp³-hybridized carbons (Fsp3) is 0.368. The molecule has 2 aromatic rings. The summed E-state index contributed by atoms with van der Waals surface area (Å²) in [7, 11) is 1.82. The van der Waals surface area contributed by atoms with Crippen LogP contribution < -0.4 is 4.90 Å². The summed E-state index contributed by atoms with van der Waals surface area (Å²) in [6.07, 6.45) is 2.84. The van der Waals surface area contributed by atoms with E-state index in [2.05, 4.69) is 15.9 Å². The number of hydrogen-bond donors (Lipinski definition) is 0. The lowest BCUT2D eigenvalue weighted by Crippen LogP contribution is -2.43. The van der Waals surface area contributed by atoms with Crippen molar-refractivity contribution in [3.8, 4) is 0 Å². The predicted octanol–water partition coefficient (Wildman–Crippen LogP) is 3.87. The molecule has 0 bridgehead atoms. The largest absolute Gasteiger partial charge is 0.459 e. The molecule has 132 valence electrons. The number of likely N-dealkylation sites (tertiary alicyclic amines) is 1. The lowest BCUT2D eigenvalue weighted by Gasteiger charge is -2.33. The summed E-state index contributed by atoms with van der Waals surface area (Å²) in [5.74, 6) is 0.296. The Labute approximate surface area is 155 Å². The summed E-state index contributed by atoms with van der Waals surface area (Å²) in [5.41, 5.74) is 1.97. The summed E-state index contributed by atoms with van der Waals surface area (Å²) in [6, 6.07) is 9.27. The Hall–Kier alpha value is -2.08. The van der Waals surface area contributed by atoms with Crippen LogP contribution in [0.1, 0.15) is 29.0 Å². The third-order valence-electron chi connectivity index (χ3n) is 4.71. The van der Waals surface area contributed by atoms with Crippen LogP contribution in [0.2, 0.25) is 0 Å². The van der Waals surface area contributed by atoms with Crippen molar-refractivity contribution < 1.29 is 14.0 Å². The van der Waals surface area contributed by atoms with Gasteiger partial charge in [0.05, 0.1) is 6.26 Å². The van der Waals surface area contributed by atoms with E-state index >= 15 is 0 Å². The zero-order chi connectivity index (χ0) is 18.0. The van der Waals surface area contributed by atoms with Gasteiger partial charge in [0.1, 0.15) is 0 Å². The number of piperidine rings is 1. The number of furan rings is 1. The first-order valence-corrected chi connectivity index (χ1v) is 9.13. The Morgan fingerprint density at radius 3 is 2.56 bits per heavy atom. The van der Waals surface area contributed by atoms with E-state index in [0.29, 0.717) is 31.7 Å². The van der Waals surface area contributed by atoms with E-state index in [4.69, 9.17) is 4.42 Å². The van der Waals surface area contributed by atoms with Crippen molar-refractivity contribution in [2.45, 2.75) is 19.8 Å². The van der Waals surface area contributed by atoms with E-state index < -0.39 is 0 Å². The maximum absolute atomic E-state index is 12.8. The summed E-state index contributed by atoms with van der Waals surface area (Å²) < 4.78 is 6.17. The number of halogens is 1. The topological polar surface area (TPSA) is 53.8 Å². The van der Waals surface area contributed by atoms with Crippen molar-refractivity contribution in [2.24, 2.45) is 5.92 Å². The summed E-state index contributed by atoms with van der Waals surface area (Å²) >= 11 is 3.45. The molecule has 0 saturated carbocycles. The van der Waals surface area contributed by atoms with Gasteiger partial charge in [0.25, 0.3) is 5.91 Å². The van der Waals surface area contributed by atoms with E-state index in [9.17, 15) is 9.59 Å². The van der Waals surface area contributed by atoms with Crippen LogP contribution in [0.4, 0.5) is 5.69 Å². The lowest BCUT2D eigenvalue weighted by atomic mass is 9.94. The molecule has 0 atom stereocenters. The molecule has 1 aliphatic rings. The first-order valence-electron chi connectivity index (χ1n) is 8.34. The number of carbonyl (C=O) groups is 2. The van der Waals surface area contributed by atoms with Crippen molar-refractivity contribution in [3.63, 3.8) is 0 Å². The fourth-order valence-electron chi connectivity index (χ4n) is 3.27. The molecule has 1 saturated heterocycles. The molecule has 3 rings (SSSR count). The second-order valence-electron chi connectivity index (χ2n) is 6.37. The molecule has 0 unspecified atom stereocenters. The van der Waals surface area contributed by atoms with Crippen molar-refractivity contribution in [1.82, 2.24) is 4.90 Å². The van der Waals surface area contributed by atoms with Gasteiger partial charge < -0.3 is 14.2 Å². The number of benzene rings is 1. The first kappa shape index (κ1) is 17.7. The number of amides is 2. The van der Waals surface area contributed by atoms with Gasteiger partial charge in [0.2, 0.25) is 5.91 Å². The number of anilines is 1. The minimum Gasteiger partial charge on any atom is -0.459 e. The van der Waals surface area contributed by atoms with E-state index in [0.717, 1.165) is 15.7 Å². The third kappa shape index (κ3) is 3.79. The Morgan fingerprint density at radius 1 is 1.24 bits per heavy atom. The normalized spacial score (nSPS) is 15.2. The van der Waals surface area contributed by atoms with Gasteiger partial charge in [-0.25, -0.2) is 0 Å². The summed E-state index contributed by atoms with van der Waals surface area (Å²) in [6.45, 7) is 3.14. The highest BCUT2D eigenvalue weighted by Gasteiger charge is 2.30. The summed E-state index contributed by atoms with van der Waals surface area (Å²) in [5, 5.41) is 0. The van der Waals surface area contributed by atoms with Crippen LogP contribution in [0.25, 0.3) is 0 Å². The Balaban J connectivity index is 1.62. The Bertz CT molecular complexity index is 765. The SMILES string of the molecule is Cc1cc(Br)ccc1N(C)C(=O)C1CCN(C(=O)c2ccco2)CC1. The average molecular weight is 405 g/mol. The Kier molecular flexibility index (Phi) is 5.27. The Morgan fingerprint density at radius 2 is 1.96 bits per heavy atom. The van der Waals surface area contributed by atoms with Gasteiger partial charge in [-0.15, -0.1) is 0 Å². The third-order valence-corrected chi connectivity index (χ3v) is 5.21. The van der Waals surface area contributed by atoms with Gasteiger partial charge in [-0.05, 0) is 55.7 Å². The van der Waals surface area contributed by atoms with Crippen molar-refractivity contribution in [1.29, 1.82) is 0 Å². The fourth-order valence-corrected chi connectivity index (χ4v) is 3.75. The smallest absolute Gasteiger partial charge is 0.289 e. The quantitative estimate of drug-likeness (QED) is 0.779. The van der Waals surface area contributed by atoms with Gasteiger partial charge in [-0.1, -0.05) is 15.9 Å². The molecule has 0 spiro atoms. The highest BCUT2D eigenvalue weighted by molar-refractivity contribution is 9.10. The predicted molar refractivity (Wildman–Crippen MR) is 99.6 cm³/mol. The van der Waals surface area contributed by atoms with Crippen LogP contribution in [0.5, 0.6) is 0 Å². The zero-order valence-electron chi connectivity index (χ0n) is 14.4. The van der Waals surface area contributed by atoms with Crippen molar-refractivity contribution in [2.75, 3.05) is 25.0 Å². The van der Waals surface area contributed by atoms with E-state index in [1.807, 2.05) is 32.2 Å². The van der Waals surface area contributed by atoms with Crippen LogP contribution in [0.15, 0.2) is 45.5 Å². The molecule has 6 heteroatoms. The molecule has 1 aromatic heterocycles. The number of carbonyl (C=O) groups excluding carboxylic acids is 2. The van der Waals surface area contributed by atoms with Crippen molar-refractivity contribution in [3.05, 3.63) is 52.4 Å². The number of hydrogen-bond acceptors (Lipinski definition) is 3. The molecular weight excluding hydrogens is 384 g/mol. The standard InChI is InChI=1S/C19H21BrN2O3/c1-13-12-15(20)5-6-16(13)21(2)18(23)14-7-9-22(10-8-14)19(24)17-4-3-11-25-17/h3-6,11-12,14H,7-10H2,1-2H3. The van der Waals surface area contributed by atoms with Gasteiger partial charge in [0.15, 0.2) is 5.76 Å². The van der Waals surface area contributed by atoms with Gasteiger partial charge in [0, 0.05) is 36.2 Å². The lowest BCUT2D eigenvalue weighted by molar-refractivity contribution is -0.123. The average Bonchev–Trinajstić information content (AvgIpc) is 3.15. The van der Waals surface area contributed by atoms with Crippen molar-refractivity contribution >= 4 is 33.4 Å². The molecular formula is C19H21BrN2O3. The van der Waals surface area contributed by atoms with E-state index in [1.54, 1.807) is 21.9 Å². The maximum atomic E-state index is 12.8. The van der Waals surface area contributed by atoms with Crippen LogP contribution in [-0.4, -0.2) is 36.9 Å². The second kappa shape index (κ2) is 7.44. The molecule has 5 nitrogen and oxygen atoms in total. The van der Waals surface area contributed by atoms with E-state index in [-0.39, 0.29) is 17.7 Å². The highest BCUT2D eigenvalue weighted by atomic mass is 79.9. The number of nitrogens with zero attached hydrogens (tertiary/aromatic N) is 2. The minimum atomic E-state index is -0.104. The molecule has 1 aromatic carbocycles. The summed E-state index contributed by atoms with van der Waals surface area (Å²) in [4.78, 5) is 28.6. The first-order chi connectivity index (χ1) is 12.0. The molecule has 0 aliphatic carbocycles.